The zero-order valence-electron chi connectivity index (χ0n) is 10.3. The molecule has 18 heavy (non-hydrogen) atoms. The van der Waals surface area contributed by atoms with Crippen LogP contribution in [0.2, 0.25) is 0 Å². The van der Waals surface area contributed by atoms with Crippen molar-refractivity contribution in [3.63, 3.8) is 0 Å². The minimum absolute atomic E-state index is 0.0130. The van der Waals surface area contributed by atoms with Gasteiger partial charge in [-0.05, 0) is 23.8 Å². The monoisotopic (exact) mass is 244 g/mol. The third-order valence-corrected chi connectivity index (χ3v) is 2.73. The lowest BCUT2D eigenvalue weighted by Crippen LogP contribution is -2.25. The maximum absolute atomic E-state index is 11.7. The van der Waals surface area contributed by atoms with Gasteiger partial charge in [-0.1, -0.05) is 12.1 Å². The lowest BCUT2D eigenvalue weighted by atomic mass is 10.1. The van der Waals surface area contributed by atoms with E-state index in [1.165, 1.54) is 0 Å². The molecule has 0 aliphatic carbocycles. The number of nitrogens with zero attached hydrogens (tertiary/aromatic N) is 2. The normalized spacial score (nSPS) is 10.3. The Kier molecular flexibility index (Phi) is 3.62. The first-order valence-corrected chi connectivity index (χ1v) is 5.73. The Morgan fingerprint density at radius 3 is 2.67 bits per heavy atom. The predicted molar refractivity (Wildman–Crippen MR) is 69.6 cm³/mol. The van der Waals surface area contributed by atoms with Crippen LogP contribution in [0, 0.1) is 0 Å². The molecular weight excluding hydrogens is 228 g/mol. The molecule has 0 aliphatic heterocycles. The van der Waals surface area contributed by atoms with Gasteiger partial charge in [0.15, 0.2) is 0 Å². The molecular formula is C13H16N4O. The van der Waals surface area contributed by atoms with Crippen LogP contribution in [0.3, 0.4) is 0 Å². The zero-order chi connectivity index (χ0) is 13.0. The van der Waals surface area contributed by atoms with Gasteiger partial charge in [-0.15, -0.1) is 0 Å². The maximum Gasteiger partial charge on any atom is 0.224 e. The number of nitrogens with one attached hydrogen (secondary N) is 1. The summed E-state index contributed by atoms with van der Waals surface area (Å²) >= 11 is 0. The van der Waals surface area contributed by atoms with Crippen molar-refractivity contribution in [2.45, 2.75) is 13.0 Å². The lowest BCUT2D eigenvalue weighted by molar-refractivity contribution is -0.120. The first kappa shape index (κ1) is 12.2. The molecule has 0 radical (unpaired) electrons. The Hall–Kier alpha value is -2.30. The average molecular weight is 244 g/mol. The Bertz CT molecular complexity index is 530. The summed E-state index contributed by atoms with van der Waals surface area (Å²) in [6, 6.07) is 9.19. The molecule has 0 spiro atoms. The summed E-state index contributed by atoms with van der Waals surface area (Å²) in [5.74, 6) is -0.0130. The van der Waals surface area contributed by atoms with Gasteiger partial charge in [0.1, 0.15) is 0 Å². The minimum Gasteiger partial charge on any atom is -0.399 e. The van der Waals surface area contributed by atoms with Gasteiger partial charge in [0.2, 0.25) is 5.91 Å². The first-order chi connectivity index (χ1) is 8.65. The molecule has 0 atom stereocenters. The molecule has 3 N–H and O–H groups in total. The SMILES string of the molecule is Cn1nccc1CNC(=O)Cc1ccc(N)cc1. The quantitative estimate of drug-likeness (QED) is 0.783. The third-order valence-electron chi connectivity index (χ3n) is 2.73. The van der Waals surface area contributed by atoms with E-state index in [-0.39, 0.29) is 5.91 Å². The van der Waals surface area contributed by atoms with Crippen molar-refractivity contribution in [1.82, 2.24) is 15.1 Å². The third kappa shape index (κ3) is 3.10. The van der Waals surface area contributed by atoms with E-state index in [0.717, 1.165) is 11.3 Å². The van der Waals surface area contributed by atoms with E-state index >= 15 is 0 Å². The van der Waals surface area contributed by atoms with E-state index in [1.807, 2.05) is 25.2 Å². The van der Waals surface area contributed by atoms with Crippen molar-refractivity contribution in [2.24, 2.45) is 7.05 Å². The number of carbonyl (C=O) groups excluding carboxylic acids is 1. The first-order valence-electron chi connectivity index (χ1n) is 5.73. The predicted octanol–water partition coefficient (Wildman–Crippen LogP) is 0.861. The number of nitrogens with two attached hydrogens (primary N) is 1. The molecule has 0 fully saturated rings. The van der Waals surface area contributed by atoms with Crippen LogP contribution in [0.1, 0.15) is 11.3 Å². The summed E-state index contributed by atoms with van der Waals surface area (Å²) in [5.41, 5.74) is 8.21. The minimum atomic E-state index is -0.0130. The van der Waals surface area contributed by atoms with Crippen LogP contribution < -0.4 is 11.1 Å². The van der Waals surface area contributed by atoms with E-state index in [0.29, 0.717) is 18.7 Å². The Morgan fingerprint density at radius 2 is 2.06 bits per heavy atom. The van der Waals surface area contributed by atoms with Crippen LogP contribution >= 0.6 is 0 Å². The van der Waals surface area contributed by atoms with Gasteiger partial charge >= 0.3 is 0 Å². The van der Waals surface area contributed by atoms with E-state index in [2.05, 4.69) is 10.4 Å². The van der Waals surface area contributed by atoms with Crippen molar-refractivity contribution < 1.29 is 4.79 Å². The second kappa shape index (κ2) is 5.35. The Morgan fingerprint density at radius 1 is 1.33 bits per heavy atom. The van der Waals surface area contributed by atoms with Gasteiger partial charge in [-0.25, -0.2) is 0 Å². The van der Waals surface area contributed by atoms with E-state index in [4.69, 9.17) is 5.73 Å². The Balaban J connectivity index is 1.86. The van der Waals surface area contributed by atoms with Gasteiger partial charge in [-0.3, -0.25) is 9.48 Å². The summed E-state index contributed by atoms with van der Waals surface area (Å²) in [6.45, 7) is 0.490. The fourth-order valence-corrected chi connectivity index (χ4v) is 1.65. The molecule has 0 saturated heterocycles. The average Bonchev–Trinajstić information content (AvgIpc) is 2.75. The molecule has 1 aromatic carbocycles. The molecule has 0 saturated carbocycles. The molecule has 0 aliphatic rings. The number of anilines is 1. The smallest absolute Gasteiger partial charge is 0.224 e. The fraction of sp³-hybridized carbons (Fsp3) is 0.231. The zero-order valence-corrected chi connectivity index (χ0v) is 10.3. The summed E-state index contributed by atoms with van der Waals surface area (Å²) < 4.78 is 1.74. The van der Waals surface area contributed by atoms with Crippen molar-refractivity contribution in [3.05, 3.63) is 47.8 Å². The van der Waals surface area contributed by atoms with Crippen molar-refractivity contribution in [1.29, 1.82) is 0 Å². The topological polar surface area (TPSA) is 72.9 Å². The standard InChI is InChI=1S/C13H16N4O/c1-17-12(6-7-16-17)9-15-13(18)8-10-2-4-11(14)5-3-10/h2-7H,8-9,14H2,1H3,(H,15,18). The lowest BCUT2D eigenvalue weighted by Gasteiger charge is -2.06. The second-order valence-corrected chi connectivity index (χ2v) is 4.14. The van der Waals surface area contributed by atoms with Crippen molar-refractivity contribution >= 4 is 11.6 Å². The largest absolute Gasteiger partial charge is 0.399 e. The molecule has 94 valence electrons. The number of benzene rings is 1. The van der Waals surface area contributed by atoms with Crippen LogP contribution in [-0.2, 0) is 24.8 Å². The summed E-state index contributed by atoms with van der Waals surface area (Å²) in [7, 11) is 1.85. The second-order valence-electron chi connectivity index (χ2n) is 4.14. The van der Waals surface area contributed by atoms with Gasteiger partial charge in [0, 0.05) is 18.9 Å². The summed E-state index contributed by atoms with van der Waals surface area (Å²) in [6.07, 6.45) is 2.07. The number of carbonyl (C=O) groups is 1. The Labute approximate surface area is 106 Å². The van der Waals surface area contributed by atoms with Crippen LogP contribution in [0.25, 0.3) is 0 Å². The van der Waals surface area contributed by atoms with Crippen LogP contribution in [0.4, 0.5) is 5.69 Å². The highest BCUT2D eigenvalue weighted by molar-refractivity contribution is 5.78. The van der Waals surface area contributed by atoms with E-state index in [9.17, 15) is 4.79 Å². The highest BCUT2D eigenvalue weighted by Crippen LogP contribution is 2.06. The number of aromatic nitrogens is 2. The van der Waals surface area contributed by atoms with Crippen molar-refractivity contribution in [3.8, 4) is 0 Å². The van der Waals surface area contributed by atoms with Crippen LogP contribution in [0.15, 0.2) is 36.5 Å². The molecule has 0 bridgehead atoms. The number of aryl methyl sites for hydroxylation is 1. The maximum atomic E-state index is 11.7. The summed E-state index contributed by atoms with van der Waals surface area (Å²) in [4.78, 5) is 11.7. The van der Waals surface area contributed by atoms with Crippen molar-refractivity contribution in [2.75, 3.05) is 5.73 Å². The molecule has 5 nitrogen and oxygen atoms in total. The number of hydrogen-bond acceptors (Lipinski definition) is 3. The number of nitrogen functional groups attached to an aromatic ring is 1. The van der Waals surface area contributed by atoms with Gasteiger partial charge in [-0.2, -0.15) is 5.10 Å². The molecule has 2 rings (SSSR count). The molecule has 1 amide bonds. The molecule has 0 unspecified atom stereocenters. The van der Waals surface area contributed by atoms with Crippen LogP contribution in [-0.4, -0.2) is 15.7 Å². The highest BCUT2D eigenvalue weighted by Gasteiger charge is 2.04. The number of hydrogen-bond donors (Lipinski definition) is 2. The van der Waals surface area contributed by atoms with E-state index < -0.39 is 0 Å². The highest BCUT2D eigenvalue weighted by atomic mass is 16.1. The van der Waals surface area contributed by atoms with Gasteiger partial charge in [0.05, 0.1) is 18.7 Å². The molecule has 5 heteroatoms. The number of rotatable bonds is 4. The van der Waals surface area contributed by atoms with Crippen LogP contribution in [0.5, 0.6) is 0 Å². The summed E-state index contributed by atoms with van der Waals surface area (Å²) in [5, 5.41) is 6.90. The fourth-order valence-electron chi connectivity index (χ4n) is 1.65. The number of amides is 1. The van der Waals surface area contributed by atoms with Gasteiger partial charge < -0.3 is 11.1 Å². The molecule has 1 aromatic heterocycles. The van der Waals surface area contributed by atoms with Gasteiger partial charge in [0.25, 0.3) is 0 Å². The van der Waals surface area contributed by atoms with E-state index in [1.54, 1.807) is 23.0 Å². The molecule has 2 aromatic rings. The molecule has 1 heterocycles.